The second-order valence-electron chi connectivity index (χ2n) is 9.71. The third kappa shape index (κ3) is 9.36. The van der Waals surface area contributed by atoms with Crippen molar-refractivity contribution >= 4 is 29.2 Å². The fourth-order valence-electron chi connectivity index (χ4n) is 4.83. The van der Waals surface area contributed by atoms with E-state index in [1.165, 1.54) is 35.6 Å². The molecule has 3 rings (SSSR count). The summed E-state index contributed by atoms with van der Waals surface area (Å²) in [6.45, 7) is 14.0. The van der Waals surface area contributed by atoms with Gasteiger partial charge in [0.1, 0.15) is 5.75 Å². The highest BCUT2D eigenvalue weighted by molar-refractivity contribution is 9.10. The molecule has 0 unspecified atom stereocenters. The smallest absolute Gasteiger partial charge is 0.118 e. The zero-order valence-corrected chi connectivity index (χ0v) is 25.2. The van der Waals surface area contributed by atoms with Crippen molar-refractivity contribution < 1.29 is 4.74 Å². The monoisotopic (exact) mass is 550 g/mol. The highest BCUT2D eigenvalue weighted by Gasteiger charge is 2.40. The molecule has 0 aliphatic carbocycles. The third-order valence-corrected chi connectivity index (χ3v) is 14.1. The lowest BCUT2D eigenvalue weighted by molar-refractivity contribution is 0.415. The summed E-state index contributed by atoms with van der Waals surface area (Å²) in [7, 11) is 0.160. The molecule has 35 heavy (non-hydrogen) atoms. The van der Waals surface area contributed by atoms with Gasteiger partial charge in [0.2, 0.25) is 0 Å². The molecule has 0 atom stereocenters. The van der Waals surface area contributed by atoms with Crippen molar-refractivity contribution in [1.29, 1.82) is 0 Å². The maximum atomic E-state index is 5.37. The van der Waals surface area contributed by atoms with Crippen LogP contribution in [-0.4, -0.2) is 15.2 Å². The molecule has 0 amide bonds. The van der Waals surface area contributed by atoms with Crippen molar-refractivity contribution in [2.45, 2.75) is 71.5 Å². The van der Waals surface area contributed by atoms with Crippen LogP contribution in [0.4, 0.5) is 0 Å². The molecule has 1 nitrogen and oxygen atoms in total. The quantitative estimate of drug-likeness (QED) is 0.200. The van der Waals surface area contributed by atoms with E-state index in [0.717, 1.165) is 21.3 Å². The number of rotatable bonds is 8. The number of ether oxygens (including phenoxy) is 1. The zero-order valence-electron chi connectivity index (χ0n) is 22.6. The van der Waals surface area contributed by atoms with Crippen LogP contribution in [0.1, 0.15) is 50.8 Å². The van der Waals surface area contributed by atoms with Crippen LogP contribution in [0, 0.1) is 26.7 Å². The van der Waals surface area contributed by atoms with Crippen LogP contribution >= 0.6 is 15.9 Å². The summed E-state index contributed by atoms with van der Waals surface area (Å²) in [4.78, 5) is 0. The zero-order chi connectivity index (χ0) is 26.4. The fraction of sp³-hybridized carbons (Fsp3) is 0.375. The highest BCUT2D eigenvalue weighted by atomic mass is 79.9. The van der Waals surface area contributed by atoms with Crippen LogP contribution < -0.4 is 9.92 Å². The maximum Gasteiger partial charge on any atom is 0.118 e. The summed E-state index contributed by atoms with van der Waals surface area (Å²) in [6.07, 6.45) is 10.5. The van der Waals surface area contributed by atoms with Crippen molar-refractivity contribution in [3.63, 3.8) is 0 Å². The van der Waals surface area contributed by atoms with E-state index >= 15 is 0 Å². The maximum absolute atomic E-state index is 5.37. The Bertz CT molecular complexity index is 957. The average Bonchev–Trinajstić information content (AvgIpc) is 2.86. The molecule has 3 aromatic carbocycles. The topological polar surface area (TPSA) is 9.23 Å². The number of methoxy groups -OCH3 is 1. The van der Waals surface area contributed by atoms with Gasteiger partial charge in [-0.3, -0.25) is 0 Å². The van der Waals surface area contributed by atoms with Gasteiger partial charge in [0, 0.05) is 4.47 Å². The van der Waals surface area contributed by atoms with Gasteiger partial charge in [0.25, 0.3) is 0 Å². The molecule has 0 aliphatic rings. The molecule has 0 aliphatic heterocycles. The molecule has 0 radical (unpaired) electrons. The Kier molecular flexibility index (Phi) is 13.8. The molecule has 0 saturated heterocycles. The molecular formula is C32H43BrOSi. The Morgan fingerprint density at radius 2 is 1.20 bits per heavy atom. The van der Waals surface area contributed by atoms with E-state index in [0.29, 0.717) is 0 Å². The first-order valence-corrected chi connectivity index (χ1v) is 15.6. The molecule has 3 heteroatoms. The van der Waals surface area contributed by atoms with Gasteiger partial charge in [-0.1, -0.05) is 121 Å². The first kappa shape index (κ1) is 30.7. The number of hydrogen-bond acceptors (Lipinski definition) is 1. The van der Waals surface area contributed by atoms with Gasteiger partial charge < -0.3 is 4.74 Å². The molecule has 0 N–H and O–H groups in total. The molecule has 188 valence electrons. The number of terminal acetylenes is 1. The SMILES string of the molecule is C#C.COc1ccc([Si](CCCc2ccc(C)cc2)(C(C)C)C(C)C)cc1.Cc1ccc(Br)cc1. The van der Waals surface area contributed by atoms with Gasteiger partial charge in [-0.2, -0.15) is 0 Å². The molecule has 0 spiro atoms. The van der Waals surface area contributed by atoms with E-state index in [-0.39, 0.29) is 0 Å². The van der Waals surface area contributed by atoms with Crippen LogP contribution in [-0.2, 0) is 6.42 Å². The Labute approximate surface area is 224 Å². The van der Waals surface area contributed by atoms with Crippen LogP contribution in [0.5, 0.6) is 5.75 Å². The van der Waals surface area contributed by atoms with Gasteiger partial charge in [-0.15, -0.1) is 12.8 Å². The fourth-order valence-corrected chi connectivity index (χ4v) is 10.8. The Morgan fingerprint density at radius 1 is 0.743 bits per heavy atom. The van der Waals surface area contributed by atoms with Crippen LogP contribution in [0.3, 0.4) is 0 Å². The molecule has 0 saturated carbocycles. The summed E-state index contributed by atoms with van der Waals surface area (Å²) < 4.78 is 6.51. The third-order valence-electron chi connectivity index (χ3n) is 6.88. The van der Waals surface area contributed by atoms with Crippen LogP contribution in [0.2, 0.25) is 17.1 Å². The highest BCUT2D eigenvalue weighted by Crippen LogP contribution is 2.37. The summed E-state index contributed by atoms with van der Waals surface area (Å²) in [5.74, 6) is 0.957. The Balaban J connectivity index is 0.000000512. The second kappa shape index (κ2) is 15.7. The minimum absolute atomic E-state index is 0.735. The standard InChI is InChI=1S/C23H34OSi.C7H7Br.C2H2/c1-18(2)25(19(3)4,23-15-13-22(24-6)14-16-23)17-7-8-21-11-9-20(5)10-12-21;1-6-2-4-7(8)5-3-6;1-2/h9-16,18-19H,7-8,17H2,1-6H3;2-5H,1H3;1-2H. The number of halogens is 1. The van der Waals surface area contributed by atoms with Crippen LogP contribution in [0.25, 0.3) is 0 Å². The van der Waals surface area contributed by atoms with Crippen molar-refractivity contribution in [1.82, 2.24) is 0 Å². The summed E-state index contributed by atoms with van der Waals surface area (Å²) in [5.41, 5.74) is 5.58. The lowest BCUT2D eigenvalue weighted by Gasteiger charge is -2.40. The molecule has 0 bridgehead atoms. The van der Waals surface area contributed by atoms with E-state index in [4.69, 9.17) is 4.74 Å². The van der Waals surface area contributed by atoms with Crippen molar-refractivity contribution in [3.05, 3.63) is 94.0 Å². The molecule has 0 aromatic heterocycles. The van der Waals surface area contributed by atoms with Crippen LogP contribution in [0.15, 0.2) is 77.3 Å². The first-order valence-electron chi connectivity index (χ1n) is 12.4. The van der Waals surface area contributed by atoms with E-state index < -0.39 is 8.07 Å². The Morgan fingerprint density at radius 3 is 1.60 bits per heavy atom. The normalized spacial score (nSPS) is 10.7. The summed E-state index contributed by atoms with van der Waals surface area (Å²) in [5, 5.41) is 1.59. The lowest BCUT2D eigenvalue weighted by Crippen LogP contribution is -2.53. The minimum Gasteiger partial charge on any atom is -0.497 e. The molecule has 3 aromatic rings. The molecule has 0 fully saturated rings. The second-order valence-corrected chi connectivity index (χ2v) is 16.1. The Hall–Kier alpha value is -2.28. The van der Waals surface area contributed by atoms with Crippen molar-refractivity contribution in [3.8, 4) is 18.6 Å². The predicted molar refractivity (Wildman–Crippen MR) is 162 cm³/mol. The predicted octanol–water partition coefficient (Wildman–Crippen LogP) is 9.12. The number of hydrogen-bond donors (Lipinski definition) is 0. The average molecular weight is 552 g/mol. The minimum atomic E-state index is -1.58. The molecule has 0 heterocycles. The lowest BCUT2D eigenvalue weighted by atomic mass is 10.1. The van der Waals surface area contributed by atoms with E-state index in [1.807, 2.05) is 12.1 Å². The van der Waals surface area contributed by atoms with Gasteiger partial charge in [0.05, 0.1) is 15.2 Å². The van der Waals surface area contributed by atoms with E-state index in [2.05, 4.69) is 131 Å². The summed E-state index contributed by atoms with van der Waals surface area (Å²) in [6, 6.07) is 27.6. The van der Waals surface area contributed by atoms with Gasteiger partial charge in [0.15, 0.2) is 0 Å². The summed E-state index contributed by atoms with van der Waals surface area (Å²) >= 11 is 3.35. The van der Waals surface area contributed by atoms with Gasteiger partial charge >= 0.3 is 0 Å². The van der Waals surface area contributed by atoms with Gasteiger partial charge in [-0.25, -0.2) is 0 Å². The molecular weight excluding hydrogens is 508 g/mol. The largest absolute Gasteiger partial charge is 0.497 e. The first-order chi connectivity index (χ1) is 16.7. The van der Waals surface area contributed by atoms with E-state index in [1.54, 1.807) is 12.3 Å². The van der Waals surface area contributed by atoms with Gasteiger partial charge in [-0.05, 0) is 61.2 Å². The number of aryl methyl sites for hydroxylation is 3. The van der Waals surface area contributed by atoms with E-state index in [9.17, 15) is 0 Å². The van der Waals surface area contributed by atoms with Crippen molar-refractivity contribution in [2.24, 2.45) is 0 Å². The number of benzene rings is 3. The van der Waals surface area contributed by atoms with Crippen molar-refractivity contribution in [2.75, 3.05) is 7.11 Å².